The first-order valence-electron chi connectivity index (χ1n) is 9.96. The SMILES string of the molecule is O=C(NCC(O)C(O)c1c(F)cc(Cl)cc1F)OCC1c2ccccc2-c2ccccc21. The predicted molar refractivity (Wildman–Crippen MR) is 115 cm³/mol. The Bertz CT molecular complexity index is 1090. The minimum absolute atomic E-state index is 0.0684. The molecule has 3 aromatic carbocycles. The van der Waals surface area contributed by atoms with Crippen molar-refractivity contribution in [1.29, 1.82) is 0 Å². The van der Waals surface area contributed by atoms with Gasteiger partial charge in [0.1, 0.15) is 30.4 Å². The van der Waals surface area contributed by atoms with Crippen LogP contribution in [0.3, 0.4) is 0 Å². The Labute approximate surface area is 188 Å². The number of alkyl carbamates (subject to hydrolysis) is 1. The van der Waals surface area contributed by atoms with Crippen LogP contribution in [0.2, 0.25) is 5.02 Å². The predicted octanol–water partition coefficient (Wildman–Crippen LogP) is 4.55. The molecule has 1 aliphatic carbocycles. The zero-order valence-corrected chi connectivity index (χ0v) is 17.5. The van der Waals surface area contributed by atoms with E-state index in [1.165, 1.54) is 0 Å². The van der Waals surface area contributed by atoms with Gasteiger partial charge in [0, 0.05) is 17.5 Å². The molecule has 0 saturated heterocycles. The van der Waals surface area contributed by atoms with Crippen molar-refractivity contribution in [3.63, 3.8) is 0 Å². The number of halogens is 3. The van der Waals surface area contributed by atoms with E-state index in [-0.39, 0.29) is 17.5 Å². The number of fused-ring (bicyclic) bond motifs is 3. The number of benzene rings is 3. The molecule has 0 aliphatic heterocycles. The van der Waals surface area contributed by atoms with Crippen LogP contribution in [-0.4, -0.2) is 35.6 Å². The molecule has 0 spiro atoms. The van der Waals surface area contributed by atoms with Gasteiger partial charge in [-0.05, 0) is 34.4 Å². The van der Waals surface area contributed by atoms with Crippen molar-refractivity contribution in [2.45, 2.75) is 18.1 Å². The molecule has 0 fully saturated rings. The Morgan fingerprint density at radius 2 is 1.53 bits per heavy atom. The second-order valence-electron chi connectivity index (χ2n) is 7.50. The molecule has 3 aromatic rings. The summed E-state index contributed by atoms with van der Waals surface area (Å²) in [5, 5.41) is 22.3. The molecule has 166 valence electrons. The molecule has 0 heterocycles. The van der Waals surface area contributed by atoms with Crippen molar-refractivity contribution in [3.05, 3.63) is 94.0 Å². The third-order valence-corrected chi connectivity index (χ3v) is 5.72. The highest BCUT2D eigenvalue weighted by atomic mass is 35.5. The van der Waals surface area contributed by atoms with E-state index in [1.54, 1.807) is 0 Å². The highest BCUT2D eigenvalue weighted by Crippen LogP contribution is 2.44. The zero-order chi connectivity index (χ0) is 22.8. The van der Waals surface area contributed by atoms with Gasteiger partial charge in [-0.3, -0.25) is 0 Å². The number of carbonyl (C=O) groups is 1. The van der Waals surface area contributed by atoms with Gasteiger partial charge in [0.05, 0.1) is 5.56 Å². The number of carbonyl (C=O) groups excluding carboxylic acids is 1. The second kappa shape index (κ2) is 9.24. The lowest BCUT2D eigenvalue weighted by molar-refractivity contribution is 0.0144. The maximum atomic E-state index is 13.9. The molecule has 5 nitrogen and oxygen atoms in total. The number of amides is 1. The molecular formula is C24H20ClF2NO4. The van der Waals surface area contributed by atoms with Crippen molar-refractivity contribution >= 4 is 17.7 Å². The number of rotatable bonds is 6. The molecular weight excluding hydrogens is 440 g/mol. The Morgan fingerprint density at radius 3 is 2.09 bits per heavy atom. The van der Waals surface area contributed by atoms with E-state index >= 15 is 0 Å². The minimum Gasteiger partial charge on any atom is -0.449 e. The van der Waals surface area contributed by atoms with Gasteiger partial charge in [0.15, 0.2) is 0 Å². The normalized spacial score (nSPS) is 14.4. The van der Waals surface area contributed by atoms with Crippen molar-refractivity contribution in [3.8, 4) is 11.1 Å². The second-order valence-corrected chi connectivity index (χ2v) is 7.94. The van der Waals surface area contributed by atoms with Crippen molar-refractivity contribution in [2.75, 3.05) is 13.2 Å². The molecule has 2 atom stereocenters. The molecule has 0 bridgehead atoms. The molecule has 1 aliphatic rings. The summed E-state index contributed by atoms with van der Waals surface area (Å²) in [5.41, 5.74) is 3.54. The van der Waals surface area contributed by atoms with E-state index in [4.69, 9.17) is 16.3 Å². The molecule has 8 heteroatoms. The van der Waals surface area contributed by atoms with Crippen LogP contribution in [0.15, 0.2) is 60.7 Å². The quantitative estimate of drug-likeness (QED) is 0.505. The van der Waals surface area contributed by atoms with Crippen LogP contribution in [0.25, 0.3) is 11.1 Å². The highest BCUT2D eigenvalue weighted by molar-refractivity contribution is 6.30. The van der Waals surface area contributed by atoms with E-state index in [0.717, 1.165) is 34.4 Å². The number of hydrogen-bond donors (Lipinski definition) is 3. The lowest BCUT2D eigenvalue weighted by Crippen LogP contribution is -2.36. The van der Waals surface area contributed by atoms with Crippen LogP contribution >= 0.6 is 11.6 Å². The van der Waals surface area contributed by atoms with E-state index in [0.29, 0.717) is 0 Å². The first-order chi connectivity index (χ1) is 15.4. The number of aliphatic hydroxyl groups excluding tert-OH is 2. The molecule has 1 amide bonds. The molecule has 0 aromatic heterocycles. The highest BCUT2D eigenvalue weighted by Gasteiger charge is 2.30. The first-order valence-corrected chi connectivity index (χ1v) is 10.3. The van der Waals surface area contributed by atoms with Crippen LogP contribution in [0, 0.1) is 11.6 Å². The summed E-state index contributed by atoms with van der Waals surface area (Å²) >= 11 is 5.56. The maximum absolute atomic E-state index is 13.9. The zero-order valence-electron chi connectivity index (χ0n) is 16.8. The van der Waals surface area contributed by atoms with Crippen LogP contribution in [0.4, 0.5) is 13.6 Å². The smallest absolute Gasteiger partial charge is 0.407 e. The summed E-state index contributed by atoms with van der Waals surface area (Å²) in [5.74, 6) is -2.33. The van der Waals surface area contributed by atoms with E-state index < -0.39 is 42.0 Å². The summed E-state index contributed by atoms with van der Waals surface area (Å²) in [4.78, 5) is 12.2. The maximum Gasteiger partial charge on any atom is 0.407 e. The number of nitrogens with one attached hydrogen (secondary N) is 1. The monoisotopic (exact) mass is 459 g/mol. The molecule has 3 N–H and O–H groups in total. The summed E-state index contributed by atoms with van der Waals surface area (Å²) in [6.45, 7) is -0.404. The third kappa shape index (κ3) is 4.32. The van der Waals surface area contributed by atoms with Gasteiger partial charge in [0.25, 0.3) is 0 Å². The van der Waals surface area contributed by atoms with Gasteiger partial charge in [0.2, 0.25) is 0 Å². The average molecular weight is 460 g/mol. The van der Waals surface area contributed by atoms with Crippen LogP contribution < -0.4 is 5.32 Å². The lowest BCUT2D eigenvalue weighted by Gasteiger charge is -2.20. The van der Waals surface area contributed by atoms with Crippen LogP contribution in [0.1, 0.15) is 28.7 Å². The van der Waals surface area contributed by atoms with E-state index in [1.807, 2.05) is 48.5 Å². The lowest BCUT2D eigenvalue weighted by atomic mass is 9.98. The fourth-order valence-corrected chi connectivity index (χ4v) is 4.17. The van der Waals surface area contributed by atoms with Gasteiger partial charge >= 0.3 is 6.09 Å². The van der Waals surface area contributed by atoms with Crippen molar-refractivity contribution < 1.29 is 28.5 Å². The molecule has 0 saturated carbocycles. The van der Waals surface area contributed by atoms with E-state index in [9.17, 15) is 23.8 Å². The van der Waals surface area contributed by atoms with Crippen molar-refractivity contribution in [1.82, 2.24) is 5.32 Å². The Balaban J connectivity index is 1.36. The molecule has 32 heavy (non-hydrogen) atoms. The van der Waals surface area contributed by atoms with Gasteiger partial charge in [-0.1, -0.05) is 60.1 Å². The first kappa shape index (κ1) is 22.2. The number of hydrogen-bond acceptors (Lipinski definition) is 4. The van der Waals surface area contributed by atoms with Gasteiger partial charge in [-0.25, -0.2) is 13.6 Å². The molecule has 4 rings (SSSR count). The standard InChI is InChI=1S/C24H20ClF2NO4/c25-13-9-19(26)22(20(27)10-13)23(30)21(29)11-28-24(31)32-12-18-16-7-3-1-5-14(16)15-6-2-4-8-17(15)18/h1-10,18,21,23,29-30H,11-12H2,(H,28,31). The van der Waals surface area contributed by atoms with Gasteiger partial charge < -0.3 is 20.3 Å². The van der Waals surface area contributed by atoms with Crippen LogP contribution in [0.5, 0.6) is 0 Å². The molecule has 0 radical (unpaired) electrons. The number of ether oxygens (including phenoxy) is 1. The Morgan fingerprint density at radius 1 is 1.00 bits per heavy atom. The topological polar surface area (TPSA) is 78.8 Å². The average Bonchev–Trinajstić information content (AvgIpc) is 3.09. The summed E-state index contributed by atoms with van der Waals surface area (Å²) in [7, 11) is 0. The van der Waals surface area contributed by atoms with Crippen molar-refractivity contribution in [2.24, 2.45) is 0 Å². The van der Waals surface area contributed by atoms with Crippen LogP contribution in [-0.2, 0) is 4.74 Å². The third-order valence-electron chi connectivity index (χ3n) is 5.50. The van der Waals surface area contributed by atoms with Gasteiger partial charge in [-0.2, -0.15) is 0 Å². The van der Waals surface area contributed by atoms with Gasteiger partial charge in [-0.15, -0.1) is 0 Å². The molecule has 2 unspecified atom stereocenters. The van der Waals surface area contributed by atoms with E-state index in [2.05, 4.69) is 5.32 Å². The largest absolute Gasteiger partial charge is 0.449 e. The summed E-state index contributed by atoms with van der Waals surface area (Å²) < 4.78 is 33.2. The summed E-state index contributed by atoms with van der Waals surface area (Å²) in [6.07, 6.45) is -4.39. The fraction of sp³-hybridized carbons (Fsp3) is 0.208. The summed E-state index contributed by atoms with van der Waals surface area (Å²) in [6, 6.07) is 17.4. The number of aliphatic hydroxyl groups is 2. The Hall–Kier alpha value is -3.00. The minimum atomic E-state index is -1.90. The Kier molecular flexibility index (Phi) is 6.41. The fourth-order valence-electron chi connectivity index (χ4n) is 3.98.